The van der Waals surface area contributed by atoms with Crippen molar-refractivity contribution in [1.29, 1.82) is 0 Å². The first kappa shape index (κ1) is 15.3. The number of benzene rings is 1. The van der Waals surface area contributed by atoms with E-state index in [1.807, 2.05) is 26.0 Å². The summed E-state index contributed by atoms with van der Waals surface area (Å²) >= 11 is 0. The maximum Gasteiger partial charge on any atom is 0.339 e. The maximum atomic E-state index is 12.5. The molecule has 3 rings (SSSR count). The van der Waals surface area contributed by atoms with Crippen LogP contribution >= 0.6 is 0 Å². The van der Waals surface area contributed by atoms with Gasteiger partial charge in [-0.25, -0.2) is 9.78 Å². The van der Waals surface area contributed by atoms with E-state index < -0.39 is 11.6 Å². The number of aryl methyl sites for hydroxylation is 2. The molecule has 0 saturated carbocycles. The second-order valence-corrected chi connectivity index (χ2v) is 5.89. The molecule has 1 aliphatic heterocycles. The molecule has 1 aromatic carbocycles. The van der Waals surface area contributed by atoms with Crippen LogP contribution in [0.3, 0.4) is 0 Å². The fourth-order valence-corrected chi connectivity index (χ4v) is 2.62. The van der Waals surface area contributed by atoms with E-state index in [0.29, 0.717) is 17.9 Å². The number of oxazole rings is 1. The Labute approximate surface area is 133 Å². The van der Waals surface area contributed by atoms with Crippen LogP contribution in [0.4, 0.5) is 0 Å². The zero-order valence-electron chi connectivity index (χ0n) is 13.3. The van der Waals surface area contributed by atoms with Gasteiger partial charge in [0, 0.05) is 6.42 Å². The number of nitrogens with zero attached hydrogens (tertiary/aromatic N) is 1. The van der Waals surface area contributed by atoms with Crippen LogP contribution in [0.1, 0.15) is 40.2 Å². The van der Waals surface area contributed by atoms with Gasteiger partial charge in [0.25, 0.3) is 5.91 Å². The van der Waals surface area contributed by atoms with Crippen LogP contribution in [0.2, 0.25) is 0 Å². The normalized spacial score (nSPS) is 19.9. The SMILES string of the molecule is Cc1nc(CNC(=O)C2(C)Cc3ccccc3C(=O)O2)oc1C. The Bertz CT molecular complexity index is 761. The highest BCUT2D eigenvalue weighted by Crippen LogP contribution is 2.28. The molecular formula is C17H18N2O4. The minimum atomic E-state index is -1.23. The molecule has 1 amide bonds. The highest BCUT2D eigenvalue weighted by atomic mass is 16.6. The number of hydrogen-bond donors (Lipinski definition) is 1. The molecule has 2 heterocycles. The molecule has 120 valence electrons. The highest BCUT2D eigenvalue weighted by Gasteiger charge is 2.42. The quantitative estimate of drug-likeness (QED) is 0.877. The van der Waals surface area contributed by atoms with Gasteiger partial charge in [-0.2, -0.15) is 0 Å². The molecule has 0 bridgehead atoms. The van der Waals surface area contributed by atoms with Crippen molar-refractivity contribution in [2.24, 2.45) is 0 Å². The molecule has 0 spiro atoms. The number of carbonyl (C=O) groups is 2. The van der Waals surface area contributed by atoms with Crippen LogP contribution in [0, 0.1) is 13.8 Å². The molecule has 1 unspecified atom stereocenters. The van der Waals surface area contributed by atoms with Crippen molar-refractivity contribution in [3.63, 3.8) is 0 Å². The monoisotopic (exact) mass is 314 g/mol. The molecule has 0 saturated heterocycles. The summed E-state index contributed by atoms with van der Waals surface area (Å²) < 4.78 is 10.8. The Balaban J connectivity index is 1.73. The van der Waals surface area contributed by atoms with Crippen LogP contribution in [0.15, 0.2) is 28.7 Å². The number of carbonyl (C=O) groups excluding carboxylic acids is 2. The van der Waals surface area contributed by atoms with Crippen molar-refractivity contribution in [2.75, 3.05) is 0 Å². The van der Waals surface area contributed by atoms with Crippen molar-refractivity contribution in [3.05, 3.63) is 52.7 Å². The number of fused-ring (bicyclic) bond motifs is 1. The summed E-state index contributed by atoms with van der Waals surface area (Å²) in [7, 11) is 0. The van der Waals surface area contributed by atoms with Crippen LogP contribution in [-0.2, 0) is 22.5 Å². The molecule has 1 N–H and O–H groups in total. The molecule has 6 nitrogen and oxygen atoms in total. The molecule has 0 fully saturated rings. The van der Waals surface area contributed by atoms with Crippen molar-refractivity contribution in [1.82, 2.24) is 10.3 Å². The van der Waals surface area contributed by atoms with Gasteiger partial charge in [0.05, 0.1) is 17.8 Å². The van der Waals surface area contributed by atoms with Gasteiger partial charge in [-0.15, -0.1) is 0 Å². The lowest BCUT2D eigenvalue weighted by Gasteiger charge is -2.32. The largest absolute Gasteiger partial charge is 0.445 e. The van der Waals surface area contributed by atoms with Crippen molar-refractivity contribution in [2.45, 2.75) is 39.3 Å². The first-order valence-electron chi connectivity index (χ1n) is 7.41. The predicted molar refractivity (Wildman–Crippen MR) is 81.8 cm³/mol. The van der Waals surface area contributed by atoms with Crippen molar-refractivity contribution >= 4 is 11.9 Å². The summed E-state index contributed by atoms with van der Waals surface area (Å²) in [5, 5.41) is 2.73. The van der Waals surface area contributed by atoms with E-state index in [2.05, 4.69) is 10.3 Å². The van der Waals surface area contributed by atoms with Crippen molar-refractivity contribution in [3.8, 4) is 0 Å². The maximum absolute atomic E-state index is 12.5. The number of hydrogen-bond acceptors (Lipinski definition) is 5. The molecule has 1 aromatic heterocycles. The van der Waals surface area contributed by atoms with E-state index >= 15 is 0 Å². The number of nitrogens with one attached hydrogen (secondary N) is 1. The summed E-state index contributed by atoms with van der Waals surface area (Å²) in [5.41, 5.74) is 0.877. The van der Waals surface area contributed by atoms with E-state index in [4.69, 9.17) is 9.15 Å². The molecule has 23 heavy (non-hydrogen) atoms. The fraction of sp³-hybridized carbons (Fsp3) is 0.353. The zero-order chi connectivity index (χ0) is 16.6. The van der Waals surface area contributed by atoms with Crippen molar-refractivity contribution < 1.29 is 18.7 Å². The van der Waals surface area contributed by atoms with E-state index in [9.17, 15) is 9.59 Å². The molecule has 0 radical (unpaired) electrons. The molecule has 0 aliphatic carbocycles. The van der Waals surface area contributed by atoms with Gasteiger partial charge >= 0.3 is 5.97 Å². The molecule has 1 aliphatic rings. The number of ether oxygens (including phenoxy) is 1. The van der Waals surface area contributed by atoms with Crippen LogP contribution < -0.4 is 5.32 Å². The minimum absolute atomic E-state index is 0.155. The third-order valence-electron chi connectivity index (χ3n) is 4.04. The Morgan fingerprint density at radius 1 is 1.35 bits per heavy atom. The molecular weight excluding hydrogens is 296 g/mol. The number of cyclic esters (lactones) is 1. The lowest BCUT2D eigenvalue weighted by atomic mass is 9.89. The third kappa shape index (κ3) is 2.84. The Kier molecular flexibility index (Phi) is 3.67. The summed E-state index contributed by atoms with van der Waals surface area (Å²) in [6, 6.07) is 7.15. The smallest absolute Gasteiger partial charge is 0.339 e. The fourth-order valence-electron chi connectivity index (χ4n) is 2.62. The van der Waals surface area contributed by atoms with Crippen LogP contribution in [0.5, 0.6) is 0 Å². The summed E-state index contributed by atoms with van der Waals surface area (Å²) in [6.07, 6.45) is 0.338. The first-order chi connectivity index (χ1) is 10.9. The Morgan fingerprint density at radius 3 is 2.78 bits per heavy atom. The lowest BCUT2D eigenvalue weighted by molar-refractivity contribution is -0.140. The van der Waals surface area contributed by atoms with Crippen LogP contribution in [0.25, 0.3) is 0 Å². The predicted octanol–water partition coefficient (Wildman–Crippen LogP) is 2.08. The standard InChI is InChI=1S/C17H18N2O4/c1-10-11(2)22-14(19-10)9-18-16(21)17(3)8-12-6-4-5-7-13(12)15(20)23-17/h4-7H,8-9H2,1-3H3,(H,18,21). The van der Waals surface area contributed by atoms with E-state index in [1.54, 1.807) is 19.1 Å². The number of rotatable bonds is 3. The van der Waals surface area contributed by atoms with E-state index in [1.165, 1.54) is 0 Å². The average Bonchev–Trinajstić information content (AvgIpc) is 2.83. The molecule has 6 heteroatoms. The summed E-state index contributed by atoms with van der Waals surface area (Å²) in [6.45, 7) is 5.42. The lowest BCUT2D eigenvalue weighted by Crippen LogP contribution is -2.51. The summed E-state index contributed by atoms with van der Waals surface area (Å²) in [4.78, 5) is 28.8. The van der Waals surface area contributed by atoms with Gasteiger partial charge in [0.15, 0.2) is 5.60 Å². The molecule has 2 aromatic rings. The minimum Gasteiger partial charge on any atom is -0.445 e. The Morgan fingerprint density at radius 2 is 2.09 bits per heavy atom. The van der Waals surface area contributed by atoms with Gasteiger partial charge in [0.1, 0.15) is 5.76 Å². The highest BCUT2D eigenvalue weighted by molar-refractivity contribution is 5.97. The first-order valence-corrected chi connectivity index (χ1v) is 7.41. The van der Waals surface area contributed by atoms with Crippen LogP contribution in [-0.4, -0.2) is 22.5 Å². The topological polar surface area (TPSA) is 81.4 Å². The van der Waals surface area contributed by atoms with E-state index in [0.717, 1.165) is 17.0 Å². The van der Waals surface area contributed by atoms with Gasteiger partial charge in [-0.3, -0.25) is 4.79 Å². The van der Waals surface area contributed by atoms with Gasteiger partial charge in [0.2, 0.25) is 5.89 Å². The van der Waals surface area contributed by atoms with Gasteiger partial charge < -0.3 is 14.5 Å². The van der Waals surface area contributed by atoms with Gasteiger partial charge in [-0.1, -0.05) is 18.2 Å². The van der Waals surface area contributed by atoms with E-state index in [-0.39, 0.29) is 12.5 Å². The third-order valence-corrected chi connectivity index (χ3v) is 4.04. The Hall–Kier alpha value is -2.63. The number of amides is 1. The number of aromatic nitrogens is 1. The second-order valence-electron chi connectivity index (χ2n) is 5.89. The number of esters is 1. The average molecular weight is 314 g/mol. The summed E-state index contributed by atoms with van der Waals surface area (Å²) in [5.74, 6) is 0.305. The molecule has 1 atom stereocenters. The zero-order valence-corrected chi connectivity index (χ0v) is 13.3. The second kappa shape index (κ2) is 5.53. The van der Waals surface area contributed by atoms with Gasteiger partial charge in [-0.05, 0) is 32.4 Å².